The molecule has 2 aromatic rings. The molecule has 1 fully saturated rings. The van der Waals surface area contributed by atoms with Gasteiger partial charge in [0.05, 0.1) is 19.8 Å². The number of ether oxygens (including phenoxy) is 2. The zero-order chi connectivity index (χ0) is 22.0. The van der Waals surface area contributed by atoms with Gasteiger partial charge in [-0.1, -0.05) is 12.1 Å². The van der Waals surface area contributed by atoms with E-state index in [1.54, 1.807) is 26.4 Å². The molecule has 0 saturated carbocycles. The second-order valence-corrected chi connectivity index (χ2v) is 8.59. The summed E-state index contributed by atoms with van der Waals surface area (Å²) in [6.07, 6.45) is 3.88. The van der Waals surface area contributed by atoms with Crippen molar-refractivity contribution in [2.75, 3.05) is 27.3 Å². The molecule has 31 heavy (non-hydrogen) atoms. The predicted octanol–water partition coefficient (Wildman–Crippen LogP) is 4.06. The molecule has 6 heteroatoms. The zero-order valence-electron chi connectivity index (χ0n) is 18.1. The van der Waals surface area contributed by atoms with Crippen molar-refractivity contribution in [2.45, 2.75) is 32.2 Å². The molecule has 0 radical (unpaired) electrons. The van der Waals surface area contributed by atoms with Crippen molar-refractivity contribution in [1.82, 2.24) is 4.90 Å². The minimum atomic E-state index is -0.895. The third-order valence-electron chi connectivity index (χ3n) is 6.64. The molecule has 6 nitrogen and oxygen atoms in total. The number of carbonyl (C=O) groups is 2. The number of piperidine rings is 1. The molecule has 1 atom stereocenters. The molecule has 1 N–H and O–H groups in total. The van der Waals surface area contributed by atoms with Gasteiger partial charge in [0.15, 0.2) is 17.3 Å². The smallest absolute Gasteiger partial charge is 0.335 e. The Kier molecular flexibility index (Phi) is 6.28. The fraction of sp³-hybridized carbons (Fsp3) is 0.440. The van der Waals surface area contributed by atoms with Crippen LogP contribution in [-0.4, -0.2) is 49.1 Å². The van der Waals surface area contributed by atoms with Gasteiger partial charge in [-0.05, 0) is 80.1 Å². The standard InChI is InChI=1S/C25H29NO5/c1-30-22-13-19-12-20(24(27)21(19)14-23(22)31-2)11-16-7-9-26(10-8-16)15-17-3-5-18(6-4-17)25(28)29/h3-6,13-14,16,20H,7-12,15H2,1-2H3,(H,28,29). The predicted molar refractivity (Wildman–Crippen MR) is 117 cm³/mol. The average molecular weight is 424 g/mol. The van der Waals surface area contributed by atoms with Crippen LogP contribution in [-0.2, 0) is 13.0 Å². The Morgan fingerprint density at radius 3 is 2.32 bits per heavy atom. The van der Waals surface area contributed by atoms with E-state index in [-0.39, 0.29) is 11.7 Å². The van der Waals surface area contributed by atoms with Gasteiger partial charge < -0.3 is 14.6 Å². The van der Waals surface area contributed by atoms with Crippen molar-refractivity contribution < 1.29 is 24.2 Å². The summed E-state index contributed by atoms with van der Waals surface area (Å²) in [6.45, 7) is 2.84. The Hall–Kier alpha value is -2.86. The molecule has 1 saturated heterocycles. The van der Waals surface area contributed by atoms with E-state index in [9.17, 15) is 9.59 Å². The largest absolute Gasteiger partial charge is 0.493 e. The first-order valence-corrected chi connectivity index (χ1v) is 10.8. The van der Waals surface area contributed by atoms with Crippen molar-refractivity contribution in [2.24, 2.45) is 11.8 Å². The Labute approximate surface area is 182 Å². The van der Waals surface area contributed by atoms with Crippen molar-refractivity contribution in [1.29, 1.82) is 0 Å². The maximum atomic E-state index is 13.0. The Balaban J connectivity index is 1.31. The van der Waals surface area contributed by atoms with E-state index in [2.05, 4.69) is 4.90 Å². The SMILES string of the molecule is COc1cc2c(cc1OC)C(=O)C(CC1CCN(Cc3ccc(C(=O)O)cc3)CC1)C2. The summed E-state index contributed by atoms with van der Waals surface area (Å²) in [7, 11) is 3.21. The number of likely N-dealkylation sites (tertiary alicyclic amines) is 1. The van der Waals surface area contributed by atoms with Crippen molar-refractivity contribution in [3.05, 3.63) is 58.7 Å². The lowest BCUT2D eigenvalue weighted by Gasteiger charge is -2.33. The third kappa shape index (κ3) is 4.59. The molecule has 0 bridgehead atoms. The van der Waals surface area contributed by atoms with Gasteiger partial charge in [0.25, 0.3) is 0 Å². The molecular weight excluding hydrogens is 394 g/mol. The Morgan fingerprint density at radius 1 is 1.06 bits per heavy atom. The van der Waals surface area contributed by atoms with Gasteiger partial charge in [-0.2, -0.15) is 0 Å². The van der Waals surface area contributed by atoms with E-state index in [0.29, 0.717) is 23.0 Å². The second-order valence-electron chi connectivity index (χ2n) is 8.59. The number of hydrogen-bond donors (Lipinski definition) is 1. The molecule has 0 amide bonds. The van der Waals surface area contributed by atoms with Crippen LogP contribution in [0.1, 0.15) is 51.1 Å². The number of nitrogens with zero attached hydrogens (tertiary/aromatic N) is 1. The number of ketones is 1. The number of carboxylic acid groups (broad SMARTS) is 1. The Morgan fingerprint density at radius 2 is 1.71 bits per heavy atom. The first-order valence-electron chi connectivity index (χ1n) is 10.8. The van der Waals surface area contributed by atoms with Crippen molar-refractivity contribution >= 4 is 11.8 Å². The fourth-order valence-electron chi connectivity index (χ4n) is 4.88. The summed E-state index contributed by atoms with van der Waals surface area (Å²) in [5.41, 5.74) is 3.30. The molecular formula is C25H29NO5. The van der Waals surface area contributed by atoms with Gasteiger partial charge in [0.2, 0.25) is 0 Å². The van der Waals surface area contributed by atoms with E-state index in [1.165, 1.54) is 0 Å². The summed E-state index contributed by atoms with van der Waals surface area (Å²) in [5.74, 6) is 1.23. The van der Waals surface area contributed by atoms with E-state index in [4.69, 9.17) is 14.6 Å². The van der Waals surface area contributed by atoms with Gasteiger partial charge in [-0.15, -0.1) is 0 Å². The molecule has 0 aromatic heterocycles. The molecule has 1 heterocycles. The number of fused-ring (bicyclic) bond motifs is 1. The number of methoxy groups -OCH3 is 2. The van der Waals surface area contributed by atoms with Crippen LogP contribution in [0.5, 0.6) is 11.5 Å². The minimum Gasteiger partial charge on any atom is -0.493 e. The average Bonchev–Trinajstić information content (AvgIpc) is 3.08. The number of aromatic carboxylic acids is 1. The van der Waals surface area contributed by atoms with E-state index in [0.717, 1.165) is 62.0 Å². The van der Waals surface area contributed by atoms with Crippen LogP contribution >= 0.6 is 0 Å². The lowest BCUT2D eigenvalue weighted by atomic mass is 9.85. The van der Waals surface area contributed by atoms with Crippen LogP contribution in [0.2, 0.25) is 0 Å². The van der Waals surface area contributed by atoms with Gasteiger partial charge in [-0.3, -0.25) is 9.69 Å². The topological polar surface area (TPSA) is 76.1 Å². The van der Waals surface area contributed by atoms with Crippen LogP contribution < -0.4 is 9.47 Å². The van der Waals surface area contributed by atoms with Crippen molar-refractivity contribution in [3.63, 3.8) is 0 Å². The lowest BCUT2D eigenvalue weighted by Crippen LogP contribution is -2.34. The van der Waals surface area contributed by atoms with E-state index < -0.39 is 5.97 Å². The zero-order valence-corrected chi connectivity index (χ0v) is 18.1. The number of Topliss-reactive ketones (excluding diaryl/α,β-unsaturated/α-hetero) is 1. The Bertz CT molecular complexity index is 961. The molecule has 1 unspecified atom stereocenters. The summed E-state index contributed by atoms with van der Waals surface area (Å²) < 4.78 is 10.8. The molecule has 1 aliphatic heterocycles. The van der Waals surface area contributed by atoms with E-state index >= 15 is 0 Å². The van der Waals surface area contributed by atoms with Crippen LogP contribution in [0, 0.1) is 11.8 Å². The summed E-state index contributed by atoms with van der Waals surface area (Å²) in [4.78, 5) is 26.4. The molecule has 4 rings (SSSR count). The van der Waals surface area contributed by atoms with E-state index in [1.807, 2.05) is 24.3 Å². The lowest BCUT2D eigenvalue weighted by molar-refractivity contribution is 0.0696. The first kappa shape index (κ1) is 21.4. The highest BCUT2D eigenvalue weighted by molar-refractivity contribution is 6.02. The van der Waals surface area contributed by atoms with Gasteiger partial charge in [0.1, 0.15) is 0 Å². The minimum absolute atomic E-state index is 0.0481. The number of rotatable bonds is 7. The highest BCUT2D eigenvalue weighted by atomic mass is 16.5. The van der Waals surface area contributed by atoms with Crippen LogP contribution in [0.4, 0.5) is 0 Å². The normalized spacial score (nSPS) is 19.3. The monoisotopic (exact) mass is 423 g/mol. The number of hydrogen-bond acceptors (Lipinski definition) is 5. The van der Waals surface area contributed by atoms with Gasteiger partial charge in [0, 0.05) is 18.0 Å². The molecule has 2 aromatic carbocycles. The summed E-state index contributed by atoms with van der Waals surface area (Å²) in [5, 5.41) is 9.02. The number of carbonyl (C=O) groups excluding carboxylic acids is 1. The molecule has 1 aliphatic carbocycles. The van der Waals surface area contributed by atoms with Crippen LogP contribution in [0.25, 0.3) is 0 Å². The quantitative estimate of drug-likeness (QED) is 0.724. The molecule has 0 spiro atoms. The summed E-state index contributed by atoms with van der Waals surface area (Å²) >= 11 is 0. The van der Waals surface area contributed by atoms with Crippen LogP contribution in [0.15, 0.2) is 36.4 Å². The number of carboxylic acids is 1. The van der Waals surface area contributed by atoms with Gasteiger partial charge >= 0.3 is 5.97 Å². The highest BCUT2D eigenvalue weighted by Gasteiger charge is 2.34. The van der Waals surface area contributed by atoms with Crippen LogP contribution in [0.3, 0.4) is 0 Å². The maximum absolute atomic E-state index is 13.0. The molecule has 2 aliphatic rings. The third-order valence-corrected chi connectivity index (χ3v) is 6.64. The first-order chi connectivity index (χ1) is 15.0. The van der Waals surface area contributed by atoms with Crippen molar-refractivity contribution in [3.8, 4) is 11.5 Å². The number of benzene rings is 2. The highest BCUT2D eigenvalue weighted by Crippen LogP contribution is 2.39. The summed E-state index contributed by atoms with van der Waals surface area (Å²) in [6, 6.07) is 10.9. The second kappa shape index (κ2) is 9.10. The fourth-order valence-corrected chi connectivity index (χ4v) is 4.88. The maximum Gasteiger partial charge on any atom is 0.335 e. The van der Waals surface area contributed by atoms with Gasteiger partial charge in [-0.25, -0.2) is 4.79 Å². The molecule has 164 valence electrons.